The van der Waals surface area contributed by atoms with E-state index in [9.17, 15) is 13.6 Å². The lowest BCUT2D eigenvalue weighted by Crippen LogP contribution is -2.44. The van der Waals surface area contributed by atoms with Gasteiger partial charge < -0.3 is 9.64 Å². The molecule has 2 saturated heterocycles. The van der Waals surface area contributed by atoms with E-state index < -0.39 is 11.6 Å². The molecule has 1 aromatic rings. The molecule has 0 aliphatic carbocycles. The fourth-order valence-electron chi connectivity index (χ4n) is 3.79. The summed E-state index contributed by atoms with van der Waals surface area (Å²) in [5, 5.41) is 0. The zero-order chi connectivity index (χ0) is 16.9. The highest BCUT2D eigenvalue weighted by atomic mass is 19.1. The van der Waals surface area contributed by atoms with Gasteiger partial charge in [-0.2, -0.15) is 0 Å². The summed E-state index contributed by atoms with van der Waals surface area (Å²) in [7, 11) is 0. The maximum atomic E-state index is 13.7. The van der Waals surface area contributed by atoms with Crippen LogP contribution in [0.25, 0.3) is 0 Å². The van der Waals surface area contributed by atoms with Crippen molar-refractivity contribution in [3.63, 3.8) is 0 Å². The lowest BCUT2D eigenvalue weighted by Gasteiger charge is -2.36. The molecule has 2 heterocycles. The first kappa shape index (κ1) is 17.3. The van der Waals surface area contributed by atoms with E-state index in [0.29, 0.717) is 31.1 Å². The largest absolute Gasteiger partial charge is 0.381 e. The Morgan fingerprint density at radius 1 is 1.21 bits per heavy atom. The SMILES string of the molecule is O=C(C1CCOCC1)N1CCC[C@H](CCc2ccc(F)cc2F)C1. The van der Waals surface area contributed by atoms with Crippen molar-refractivity contribution in [1.82, 2.24) is 4.90 Å². The van der Waals surface area contributed by atoms with Crippen molar-refractivity contribution < 1.29 is 18.3 Å². The van der Waals surface area contributed by atoms with Gasteiger partial charge in [0.2, 0.25) is 5.91 Å². The van der Waals surface area contributed by atoms with Gasteiger partial charge in [0.1, 0.15) is 11.6 Å². The van der Waals surface area contributed by atoms with Crippen LogP contribution in [0, 0.1) is 23.5 Å². The number of benzene rings is 1. The summed E-state index contributed by atoms with van der Waals surface area (Å²) < 4.78 is 32.0. The number of hydrogen-bond donors (Lipinski definition) is 0. The predicted molar refractivity (Wildman–Crippen MR) is 87.5 cm³/mol. The Kier molecular flexibility index (Phi) is 5.82. The van der Waals surface area contributed by atoms with Gasteiger partial charge in [-0.3, -0.25) is 4.79 Å². The minimum absolute atomic E-state index is 0.104. The minimum atomic E-state index is -0.540. The summed E-state index contributed by atoms with van der Waals surface area (Å²) in [6.45, 7) is 2.95. The molecule has 5 heteroatoms. The molecule has 1 aromatic carbocycles. The van der Waals surface area contributed by atoms with Crippen LogP contribution in [0.4, 0.5) is 8.78 Å². The van der Waals surface area contributed by atoms with E-state index in [2.05, 4.69) is 0 Å². The third-order valence-electron chi connectivity index (χ3n) is 5.24. The molecule has 3 rings (SSSR count). The Balaban J connectivity index is 1.52. The molecule has 0 bridgehead atoms. The number of carbonyl (C=O) groups is 1. The number of ether oxygens (including phenoxy) is 1. The Hall–Kier alpha value is -1.49. The Morgan fingerprint density at radius 2 is 2.00 bits per heavy atom. The molecule has 2 aliphatic heterocycles. The van der Waals surface area contributed by atoms with Crippen LogP contribution in [-0.4, -0.2) is 37.1 Å². The number of piperidine rings is 1. The number of aryl methyl sites for hydroxylation is 1. The summed E-state index contributed by atoms with van der Waals surface area (Å²) in [6, 6.07) is 3.77. The molecule has 3 nitrogen and oxygen atoms in total. The first-order valence-electron chi connectivity index (χ1n) is 8.94. The zero-order valence-electron chi connectivity index (χ0n) is 14.0. The molecule has 2 fully saturated rings. The number of rotatable bonds is 4. The number of nitrogens with zero attached hydrogens (tertiary/aromatic N) is 1. The second-order valence-corrected chi connectivity index (χ2v) is 6.95. The highest BCUT2D eigenvalue weighted by Gasteiger charge is 2.29. The molecule has 0 unspecified atom stereocenters. The molecule has 132 valence electrons. The van der Waals surface area contributed by atoms with Crippen molar-refractivity contribution in [2.45, 2.75) is 38.5 Å². The van der Waals surface area contributed by atoms with Gasteiger partial charge in [0.15, 0.2) is 0 Å². The highest BCUT2D eigenvalue weighted by molar-refractivity contribution is 5.79. The third-order valence-corrected chi connectivity index (χ3v) is 5.24. The van der Waals surface area contributed by atoms with Gasteiger partial charge in [0.05, 0.1) is 0 Å². The summed E-state index contributed by atoms with van der Waals surface area (Å²) in [4.78, 5) is 14.6. The van der Waals surface area contributed by atoms with Crippen LogP contribution in [0.15, 0.2) is 18.2 Å². The lowest BCUT2D eigenvalue weighted by molar-refractivity contribution is -0.140. The van der Waals surface area contributed by atoms with Crippen molar-refractivity contribution >= 4 is 5.91 Å². The number of amides is 1. The minimum Gasteiger partial charge on any atom is -0.381 e. The van der Waals surface area contributed by atoms with E-state index in [4.69, 9.17) is 4.74 Å². The van der Waals surface area contributed by atoms with Gasteiger partial charge in [0.25, 0.3) is 0 Å². The van der Waals surface area contributed by atoms with Crippen LogP contribution in [0.2, 0.25) is 0 Å². The summed E-state index contributed by atoms with van der Waals surface area (Å²) >= 11 is 0. The van der Waals surface area contributed by atoms with E-state index in [-0.39, 0.29) is 11.8 Å². The molecule has 1 atom stereocenters. The first-order valence-corrected chi connectivity index (χ1v) is 8.94. The van der Waals surface area contributed by atoms with Crippen LogP contribution in [0.5, 0.6) is 0 Å². The smallest absolute Gasteiger partial charge is 0.225 e. The standard InChI is InChI=1S/C19H25F2NO2/c20-17-6-5-15(18(21)12-17)4-3-14-2-1-9-22(13-14)19(23)16-7-10-24-11-8-16/h5-6,12,14,16H,1-4,7-11,13H2/t14-/m1/s1. The monoisotopic (exact) mass is 337 g/mol. The average Bonchev–Trinajstić information content (AvgIpc) is 2.61. The summed E-state index contributed by atoms with van der Waals surface area (Å²) in [5.41, 5.74) is 0.560. The fraction of sp³-hybridized carbons (Fsp3) is 0.632. The van der Waals surface area contributed by atoms with Crippen LogP contribution < -0.4 is 0 Å². The van der Waals surface area contributed by atoms with E-state index in [1.54, 1.807) is 0 Å². The van der Waals surface area contributed by atoms with Crippen LogP contribution >= 0.6 is 0 Å². The molecule has 0 aromatic heterocycles. The summed E-state index contributed by atoms with van der Waals surface area (Å²) in [5.74, 6) is -0.252. The average molecular weight is 337 g/mol. The number of halogens is 2. The van der Waals surface area contributed by atoms with Crippen molar-refractivity contribution in [3.05, 3.63) is 35.4 Å². The van der Waals surface area contributed by atoms with E-state index in [0.717, 1.165) is 51.3 Å². The molecule has 0 radical (unpaired) electrons. The van der Waals surface area contributed by atoms with Gasteiger partial charge in [-0.15, -0.1) is 0 Å². The second kappa shape index (κ2) is 8.06. The van der Waals surface area contributed by atoms with E-state index in [1.165, 1.54) is 12.1 Å². The predicted octanol–water partition coefficient (Wildman–Crippen LogP) is 3.56. The van der Waals surface area contributed by atoms with Crippen molar-refractivity contribution in [1.29, 1.82) is 0 Å². The number of carbonyl (C=O) groups excluding carboxylic acids is 1. The quantitative estimate of drug-likeness (QED) is 0.841. The Labute approximate surface area is 142 Å². The Morgan fingerprint density at radius 3 is 2.75 bits per heavy atom. The molecule has 0 spiro atoms. The van der Waals surface area contributed by atoms with E-state index >= 15 is 0 Å². The molecule has 0 N–H and O–H groups in total. The first-order chi connectivity index (χ1) is 11.6. The lowest BCUT2D eigenvalue weighted by atomic mass is 9.90. The molecule has 1 amide bonds. The van der Waals surface area contributed by atoms with E-state index in [1.807, 2.05) is 4.90 Å². The number of hydrogen-bond acceptors (Lipinski definition) is 2. The third kappa shape index (κ3) is 4.32. The molecule has 0 saturated carbocycles. The van der Waals surface area contributed by atoms with Gasteiger partial charge in [-0.1, -0.05) is 6.07 Å². The van der Waals surface area contributed by atoms with Crippen molar-refractivity contribution in [2.24, 2.45) is 11.8 Å². The molecule has 24 heavy (non-hydrogen) atoms. The van der Waals surface area contributed by atoms with Crippen LogP contribution in [-0.2, 0) is 16.0 Å². The van der Waals surface area contributed by atoms with Crippen molar-refractivity contribution in [3.8, 4) is 0 Å². The zero-order valence-corrected chi connectivity index (χ0v) is 14.0. The molecular formula is C19H25F2NO2. The van der Waals surface area contributed by atoms with Crippen molar-refractivity contribution in [2.75, 3.05) is 26.3 Å². The molecular weight excluding hydrogens is 312 g/mol. The van der Waals surface area contributed by atoms with Gasteiger partial charge in [0, 0.05) is 38.3 Å². The number of likely N-dealkylation sites (tertiary alicyclic amines) is 1. The normalized spacial score (nSPS) is 22.6. The topological polar surface area (TPSA) is 29.5 Å². The fourth-order valence-corrected chi connectivity index (χ4v) is 3.79. The maximum absolute atomic E-state index is 13.7. The van der Waals surface area contributed by atoms with Crippen LogP contribution in [0.3, 0.4) is 0 Å². The molecule has 2 aliphatic rings. The highest BCUT2D eigenvalue weighted by Crippen LogP contribution is 2.26. The van der Waals surface area contributed by atoms with Crippen LogP contribution in [0.1, 0.15) is 37.7 Å². The second-order valence-electron chi connectivity index (χ2n) is 6.95. The Bertz CT molecular complexity index is 572. The van der Waals surface area contributed by atoms with Gasteiger partial charge in [-0.05, 0) is 56.1 Å². The summed E-state index contributed by atoms with van der Waals surface area (Å²) in [6.07, 6.45) is 5.14. The maximum Gasteiger partial charge on any atom is 0.225 e. The van der Waals surface area contributed by atoms with Gasteiger partial charge >= 0.3 is 0 Å². The van der Waals surface area contributed by atoms with Gasteiger partial charge in [-0.25, -0.2) is 8.78 Å².